The second kappa shape index (κ2) is 15.4. The van der Waals surface area contributed by atoms with Gasteiger partial charge in [-0.15, -0.1) is 0 Å². The predicted octanol–water partition coefficient (Wildman–Crippen LogP) is 4.83. The van der Waals surface area contributed by atoms with Crippen LogP contribution in [-0.2, 0) is 25.6 Å². The summed E-state index contributed by atoms with van der Waals surface area (Å²) in [7, 11) is 1.31. The highest BCUT2D eigenvalue weighted by atomic mass is 16.6. The molecule has 0 unspecified atom stereocenters. The molecule has 2 rings (SSSR count). The standard InChI is InChI=1S/C28H36N2O4.C2H4O2/c1-8-33-19-23-13-11-21(12-14-23)9-10-22-15-17-24(18-16-22)25(31)29-20(2)28(6,7)30-26(32)34-27(3,4)5;1-4-2-3/h11-18,20H,8,19H2,1-7H3,(H,29,31)(H,30,32);2H,1H3/t20-;/m1./s1. The van der Waals surface area contributed by atoms with Crippen LogP contribution in [0.15, 0.2) is 48.5 Å². The lowest BCUT2D eigenvalue weighted by atomic mass is 9.96. The third-order valence-corrected chi connectivity index (χ3v) is 5.27. The Balaban J connectivity index is 0.00000168. The molecule has 0 aromatic heterocycles. The highest BCUT2D eigenvalue weighted by molar-refractivity contribution is 5.94. The van der Waals surface area contributed by atoms with Crippen molar-refractivity contribution in [3.8, 4) is 11.8 Å². The van der Waals surface area contributed by atoms with Crippen molar-refractivity contribution in [3.05, 3.63) is 70.8 Å². The Labute approximate surface area is 226 Å². The number of nitrogens with one attached hydrogen (secondary N) is 2. The van der Waals surface area contributed by atoms with Crippen LogP contribution >= 0.6 is 0 Å². The molecule has 8 heteroatoms. The second-order valence-electron chi connectivity index (χ2n) is 10.0. The molecule has 2 aromatic rings. The van der Waals surface area contributed by atoms with Crippen LogP contribution in [0.3, 0.4) is 0 Å². The summed E-state index contributed by atoms with van der Waals surface area (Å²) in [5.41, 5.74) is 2.06. The summed E-state index contributed by atoms with van der Waals surface area (Å²) in [6.07, 6.45) is -0.523. The van der Waals surface area contributed by atoms with Gasteiger partial charge in [0.2, 0.25) is 0 Å². The highest BCUT2D eigenvalue weighted by Gasteiger charge is 2.31. The lowest BCUT2D eigenvalue weighted by molar-refractivity contribution is -0.126. The molecule has 0 spiro atoms. The fourth-order valence-electron chi connectivity index (χ4n) is 2.89. The predicted molar refractivity (Wildman–Crippen MR) is 148 cm³/mol. The molecule has 8 nitrogen and oxygen atoms in total. The van der Waals surface area contributed by atoms with Gasteiger partial charge >= 0.3 is 6.09 Å². The van der Waals surface area contributed by atoms with E-state index in [4.69, 9.17) is 14.3 Å². The van der Waals surface area contributed by atoms with E-state index in [9.17, 15) is 9.59 Å². The van der Waals surface area contributed by atoms with Gasteiger partial charge in [-0.05, 0) is 90.4 Å². The average Bonchev–Trinajstić information content (AvgIpc) is 2.85. The Morgan fingerprint density at radius 3 is 1.89 bits per heavy atom. The van der Waals surface area contributed by atoms with Gasteiger partial charge in [-0.2, -0.15) is 0 Å². The lowest BCUT2D eigenvalue weighted by Crippen LogP contribution is -2.58. The van der Waals surface area contributed by atoms with Crippen molar-refractivity contribution in [3.63, 3.8) is 0 Å². The van der Waals surface area contributed by atoms with E-state index in [-0.39, 0.29) is 11.9 Å². The van der Waals surface area contributed by atoms with Gasteiger partial charge in [-0.1, -0.05) is 24.0 Å². The molecule has 0 heterocycles. The Hall–Kier alpha value is -3.83. The number of carbonyl (C=O) groups is 3. The fraction of sp³-hybridized carbons (Fsp3) is 0.433. The third-order valence-electron chi connectivity index (χ3n) is 5.27. The topological polar surface area (TPSA) is 103 Å². The van der Waals surface area contributed by atoms with Crippen molar-refractivity contribution < 1.29 is 28.6 Å². The number of methoxy groups -OCH3 is 1. The minimum Gasteiger partial charge on any atom is -0.471 e. The molecule has 0 saturated heterocycles. The number of carbonyl (C=O) groups excluding carboxylic acids is 3. The number of rotatable bonds is 8. The molecule has 2 aromatic carbocycles. The van der Waals surface area contributed by atoms with Gasteiger partial charge in [-0.3, -0.25) is 9.59 Å². The van der Waals surface area contributed by atoms with Gasteiger partial charge in [-0.25, -0.2) is 4.79 Å². The first-order chi connectivity index (χ1) is 17.8. The SMILES string of the molecule is CCOCc1ccc(C#Cc2ccc(C(=O)N[C@H](C)C(C)(C)NC(=O)OC(C)(C)C)cc2)cc1.COC=O. The van der Waals surface area contributed by atoms with Crippen molar-refractivity contribution in [1.29, 1.82) is 0 Å². The molecule has 0 bridgehead atoms. The number of hydrogen-bond donors (Lipinski definition) is 2. The van der Waals surface area contributed by atoms with Crippen LogP contribution in [0.2, 0.25) is 0 Å². The van der Waals surface area contributed by atoms with Gasteiger partial charge in [0.15, 0.2) is 0 Å². The Kier molecular flexibility index (Phi) is 13.1. The molecule has 0 aliphatic carbocycles. The molecule has 2 N–H and O–H groups in total. The highest BCUT2D eigenvalue weighted by Crippen LogP contribution is 2.14. The van der Waals surface area contributed by atoms with E-state index in [0.717, 1.165) is 16.7 Å². The van der Waals surface area contributed by atoms with E-state index in [1.54, 1.807) is 32.9 Å². The summed E-state index contributed by atoms with van der Waals surface area (Å²) in [6.45, 7) is 14.6. The minimum atomic E-state index is -0.707. The van der Waals surface area contributed by atoms with E-state index < -0.39 is 17.2 Å². The van der Waals surface area contributed by atoms with Crippen molar-refractivity contribution in [2.24, 2.45) is 0 Å². The maximum absolute atomic E-state index is 12.7. The zero-order valence-electron chi connectivity index (χ0n) is 23.6. The average molecular weight is 525 g/mol. The maximum atomic E-state index is 12.7. The number of ether oxygens (including phenoxy) is 3. The van der Waals surface area contributed by atoms with Gasteiger partial charge in [0.25, 0.3) is 12.4 Å². The number of amides is 2. The summed E-state index contributed by atoms with van der Waals surface area (Å²) in [5, 5.41) is 5.77. The summed E-state index contributed by atoms with van der Waals surface area (Å²) in [5.74, 6) is 6.03. The molecule has 38 heavy (non-hydrogen) atoms. The first kappa shape index (κ1) is 32.2. The quantitative estimate of drug-likeness (QED) is 0.379. The summed E-state index contributed by atoms with van der Waals surface area (Å²) >= 11 is 0. The van der Waals surface area contributed by atoms with Crippen LogP contribution in [-0.4, -0.2) is 49.4 Å². The van der Waals surface area contributed by atoms with E-state index in [0.29, 0.717) is 25.2 Å². The first-order valence-corrected chi connectivity index (χ1v) is 12.4. The molecular weight excluding hydrogens is 484 g/mol. The molecule has 0 fully saturated rings. The molecule has 2 amide bonds. The van der Waals surface area contributed by atoms with Gasteiger partial charge in [0.05, 0.1) is 19.3 Å². The fourth-order valence-corrected chi connectivity index (χ4v) is 2.89. The molecular formula is C30H40N2O6. The monoisotopic (exact) mass is 524 g/mol. The molecule has 1 atom stereocenters. The van der Waals surface area contributed by atoms with E-state index in [1.165, 1.54) is 7.11 Å². The molecule has 0 radical (unpaired) electrons. The first-order valence-electron chi connectivity index (χ1n) is 12.4. The van der Waals surface area contributed by atoms with Gasteiger partial charge < -0.3 is 24.8 Å². The number of alkyl carbamates (subject to hydrolysis) is 1. The second-order valence-corrected chi connectivity index (χ2v) is 10.0. The third kappa shape index (κ3) is 12.4. The lowest BCUT2D eigenvalue weighted by Gasteiger charge is -2.34. The van der Waals surface area contributed by atoms with Crippen molar-refractivity contribution in [2.75, 3.05) is 13.7 Å². The van der Waals surface area contributed by atoms with E-state index >= 15 is 0 Å². The summed E-state index contributed by atoms with van der Waals surface area (Å²) in [4.78, 5) is 33.8. The van der Waals surface area contributed by atoms with E-state index in [1.807, 2.05) is 64.1 Å². The minimum absolute atomic E-state index is 0.226. The van der Waals surface area contributed by atoms with Gasteiger partial charge in [0.1, 0.15) is 5.60 Å². The van der Waals surface area contributed by atoms with Gasteiger partial charge in [0, 0.05) is 29.3 Å². The molecule has 206 valence electrons. The van der Waals surface area contributed by atoms with E-state index in [2.05, 4.69) is 27.2 Å². The zero-order chi connectivity index (χ0) is 28.8. The molecule has 0 aliphatic rings. The molecule has 0 aliphatic heterocycles. The maximum Gasteiger partial charge on any atom is 0.408 e. The smallest absolute Gasteiger partial charge is 0.408 e. The van der Waals surface area contributed by atoms with Crippen molar-refractivity contribution >= 4 is 18.5 Å². The van der Waals surface area contributed by atoms with Crippen LogP contribution in [0.25, 0.3) is 0 Å². The largest absolute Gasteiger partial charge is 0.471 e. The Morgan fingerprint density at radius 1 is 0.947 bits per heavy atom. The van der Waals surface area contributed by atoms with Crippen LogP contribution in [0.1, 0.15) is 75.5 Å². The number of hydrogen-bond acceptors (Lipinski definition) is 6. The van der Waals surface area contributed by atoms with Crippen LogP contribution in [0, 0.1) is 11.8 Å². The number of benzene rings is 2. The zero-order valence-corrected chi connectivity index (χ0v) is 23.6. The van der Waals surface area contributed by atoms with Crippen LogP contribution in [0.4, 0.5) is 4.79 Å². The van der Waals surface area contributed by atoms with Crippen molar-refractivity contribution in [1.82, 2.24) is 10.6 Å². The summed E-state index contributed by atoms with van der Waals surface area (Å²) < 4.78 is 14.6. The molecule has 0 saturated carbocycles. The van der Waals surface area contributed by atoms with Crippen LogP contribution < -0.4 is 10.6 Å². The normalized spacial score (nSPS) is 11.5. The van der Waals surface area contributed by atoms with Crippen molar-refractivity contribution in [2.45, 2.75) is 72.3 Å². The van der Waals surface area contributed by atoms with Crippen LogP contribution in [0.5, 0.6) is 0 Å². The summed E-state index contributed by atoms with van der Waals surface area (Å²) in [6, 6.07) is 14.7. The Bertz CT molecular complexity index is 1090. The Morgan fingerprint density at radius 2 is 1.45 bits per heavy atom.